The summed E-state index contributed by atoms with van der Waals surface area (Å²) >= 11 is 1.61. The third-order valence-electron chi connectivity index (χ3n) is 8.21. The first-order chi connectivity index (χ1) is 24.4. The van der Waals surface area contributed by atoms with Crippen LogP contribution in [0.3, 0.4) is 0 Å². The molecule has 3 rings (SSSR count). The van der Waals surface area contributed by atoms with Crippen LogP contribution in [0.5, 0.6) is 0 Å². The number of nitrogens with one attached hydrogen (secondary N) is 2. The Balaban J connectivity index is 1.42. The number of hydrogen-bond donors (Lipinski definition) is 3. The van der Waals surface area contributed by atoms with Crippen LogP contribution in [-0.4, -0.2) is 127 Å². The summed E-state index contributed by atoms with van der Waals surface area (Å²) in [5, 5.41) is 17.3. The highest BCUT2D eigenvalue weighted by Gasteiger charge is 2.44. The molecule has 3 N–H and O–H groups in total. The van der Waals surface area contributed by atoms with Crippen LogP contribution in [0.4, 0.5) is 4.79 Å². The molecule has 52 heavy (non-hydrogen) atoms. The molecule has 0 aliphatic carbocycles. The average Bonchev–Trinajstić information content (AvgIpc) is 3.68. The van der Waals surface area contributed by atoms with Gasteiger partial charge in [-0.15, -0.1) is 11.3 Å². The lowest BCUT2D eigenvalue weighted by atomic mass is 9.85. The topological polar surface area (TPSA) is 169 Å². The molecule has 0 unspecified atom stereocenters. The largest absolute Gasteiger partial charge is 0.444 e. The monoisotopic (exact) mass is 747 g/mol. The van der Waals surface area contributed by atoms with Crippen molar-refractivity contribution in [2.45, 2.75) is 91.6 Å². The molecule has 1 fully saturated rings. The maximum atomic E-state index is 13.9. The van der Waals surface area contributed by atoms with E-state index in [1.54, 1.807) is 39.2 Å². The van der Waals surface area contributed by atoms with Crippen molar-refractivity contribution in [3.05, 3.63) is 41.0 Å². The number of ether oxygens (including phenoxy) is 4. The maximum absolute atomic E-state index is 13.9. The highest BCUT2D eigenvalue weighted by Crippen LogP contribution is 2.29. The van der Waals surface area contributed by atoms with Gasteiger partial charge < -0.3 is 44.5 Å². The lowest BCUT2D eigenvalue weighted by Crippen LogP contribution is -2.58. The van der Waals surface area contributed by atoms with E-state index in [9.17, 15) is 24.3 Å². The van der Waals surface area contributed by atoms with Crippen LogP contribution in [0, 0.1) is 12.3 Å². The van der Waals surface area contributed by atoms with Crippen molar-refractivity contribution in [3.63, 3.8) is 0 Å². The molecular formula is C37H57N5O9S. The molecule has 4 atom stereocenters. The average molecular weight is 748 g/mol. The van der Waals surface area contributed by atoms with Crippen molar-refractivity contribution >= 4 is 35.2 Å². The molecule has 1 saturated heterocycles. The highest BCUT2D eigenvalue weighted by molar-refractivity contribution is 7.15. The fourth-order valence-corrected chi connectivity index (χ4v) is 6.17. The Bertz CT molecular complexity index is 1470. The number of nitrogens with zero attached hydrogens (tertiary/aromatic N) is 3. The quantitative estimate of drug-likeness (QED) is 0.203. The van der Waals surface area contributed by atoms with Gasteiger partial charge in [0.1, 0.15) is 24.3 Å². The highest BCUT2D eigenvalue weighted by atomic mass is 32.1. The first kappa shape index (κ1) is 42.8. The predicted molar refractivity (Wildman–Crippen MR) is 198 cm³/mol. The molecule has 15 heteroatoms. The number of aliphatic hydroxyl groups is 1. The normalized spacial score (nSPS) is 17.4. The number of hydrogen-bond acceptors (Lipinski definition) is 11. The molecule has 2 heterocycles. The summed E-state index contributed by atoms with van der Waals surface area (Å²) in [6, 6.07) is 5.68. The minimum absolute atomic E-state index is 0.0191. The number of benzene rings is 1. The van der Waals surface area contributed by atoms with Crippen LogP contribution in [0.1, 0.15) is 71.5 Å². The number of likely N-dealkylation sites (N-methyl/N-ethyl adjacent to an activating group) is 1. The van der Waals surface area contributed by atoms with Crippen molar-refractivity contribution in [1.29, 1.82) is 0 Å². The molecule has 1 aromatic heterocycles. The fourth-order valence-electron chi connectivity index (χ4n) is 5.38. The van der Waals surface area contributed by atoms with Gasteiger partial charge in [-0.25, -0.2) is 9.78 Å². The van der Waals surface area contributed by atoms with Crippen molar-refractivity contribution in [2.75, 3.05) is 59.8 Å². The van der Waals surface area contributed by atoms with Crippen molar-refractivity contribution < 1.29 is 43.2 Å². The Morgan fingerprint density at radius 3 is 2.17 bits per heavy atom. The number of aromatic nitrogens is 1. The minimum atomic E-state index is -0.965. The fraction of sp³-hybridized carbons (Fsp3) is 0.649. The summed E-state index contributed by atoms with van der Waals surface area (Å²) in [6.07, 6.45) is 0.643. The smallest absolute Gasteiger partial charge is 0.410 e. The Morgan fingerprint density at radius 1 is 0.981 bits per heavy atom. The standard InChI is InChI=1S/C37H57N5O9S/c1-24(26-10-12-27(13-11-26)30-21-38-25(2)52-30)39-33(45)29-20-28(43)22-42(29)34(46)32(36(3,4)5)40-31(44)23-50-19-18-49-17-16-48-15-14-41(9)35(47)51-37(6,7)8/h10-13,21,24,28-29,32,43H,14-20,22-23H2,1-9H3,(H,39,45)(H,40,44)/t24-,28+,29-,32+/m0/s1. The Hall–Kier alpha value is -3.63. The van der Waals surface area contributed by atoms with E-state index in [2.05, 4.69) is 15.6 Å². The van der Waals surface area contributed by atoms with Crippen LogP contribution >= 0.6 is 11.3 Å². The van der Waals surface area contributed by atoms with Gasteiger partial charge in [-0.2, -0.15) is 0 Å². The molecule has 1 aromatic carbocycles. The number of aryl methyl sites for hydroxylation is 1. The number of amides is 4. The maximum Gasteiger partial charge on any atom is 0.410 e. The molecule has 14 nitrogen and oxygen atoms in total. The van der Waals surface area contributed by atoms with Crippen molar-refractivity contribution in [1.82, 2.24) is 25.4 Å². The van der Waals surface area contributed by atoms with Crippen LogP contribution in [0.25, 0.3) is 10.4 Å². The predicted octanol–water partition coefficient (Wildman–Crippen LogP) is 3.71. The van der Waals surface area contributed by atoms with E-state index in [1.807, 2.05) is 65.1 Å². The molecule has 0 spiro atoms. The van der Waals surface area contributed by atoms with Gasteiger partial charge in [0.15, 0.2) is 0 Å². The van der Waals surface area contributed by atoms with Crippen molar-refractivity contribution in [3.8, 4) is 10.4 Å². The summed E-state index contributed by atoms with van der Waals surface area (Å²) < 4.78 is 21.8. The van der Waals surface area contributed by atoms with Gasteiger partial charge >= 0.3 is 6.09 Å². The van der Waals surface area contributed by atoms with Crippen LogP contribution < -0.4 is 10.6 Å². The van der Waals surface area contributed by atoms with Gasteiger partial charge in [0.05, 0.1) is 55.1 Å². The van der Waals surface area contributed by atoms with E-state index in [4.69, 9.17) is 18.9 Å². The number of aliphatic hydroxyl groups excluding tert-OH is 1. The zero-order chi connectivity index (χ0) is 38.6. The zero-order valence-corrected chi connectivity index (χ0v) is 32.8. The Morgan fingerprint density at radius 2 is 1.60 bits per heavy atom. The summed E-state index contributed by atoms with van der Waals surface area (Å²) in [5.74, 6) is -1.31. The zero-order valence-electron chi connectivity index (χ0n) is 32.0. The second kappa shape index (κ2) is 19.4. The van der Waals surface area contributed by atoms with Crippen LogP contribution in [-0.2, 0) is 33.3 Å². The summed E-state index contributed by atoms with van der Waals surface area (Å²) in [7, 11) is 1.64. The van der Waals surface area contributed by atoms with Crippen LogP contribution in [0.2, 0.25) is 0 Å². The van der Waals surface area contributed by atoms with Gasteiger partial charge in [0.2, 0.25) is 17.7 Å². The summed E-state index contributed by atoms with van der Waals surface area (Å²) in [6.45, 7) is 16.1. The van der Waals surface area contributed by atoms with Gasteiger partial charge in [0.25, 0.3) is 0 Å². The number of carbonyl (C=O) groups is 4. The van der Waals surface area contributed by atoms with E-state index in [1.165, 1.54) is 9.80 Å². The summed E-state index contributed by atoms with van der Waals surface area (Å²) in [4.78, 5) is 60.4. The molecule has 4 amide bonds. The van der Waals surface area contributed by atoms with E-state index in [-0.39, 0.29) is 44.7 Å². The molecule has 0 bridgehead atoms. The SMILES string of the molecule is Cc1ncc(-c2ccc([C@H](C)NC(=O)[C@@H]3C[C@@H](O)CN3C(=O)[C@@H](NC(=O)COCCOCCOCCN(C)C(=O)OC(C)(C)C)C(C)(C)C)cc2)s1. The number of carbonyl (C=O) groups excluding carboxylic acids is 4. The van der Waals surface area contributed by atoms with Gasteiger partial charge in [0, 0.05) is 32.8 Å². The lowest BCUT2D eigenvalue weighted by molar-refractivity contribution is -0.144. The summed E-state index contributed by atoms with van der Waals surface area (Å²) in [5.41, 5.74) is 0.677. The van der Waals surface area contributed by atoms with Crippen LogP contribution in [0.15, 0.2) is 30.5 Å². The minimum Gasteiger partial charge on any atom is -0.444 e. The lowest BCUT2D eigenvalue weighted by Gasteiger charge is -2.35. The second-order valence-electron chi connectivity index (χ2n) is 15.0. The Labute approximate surface area is 311 Å². The molecule has 1 aliphatic heterocycles. The third kappa shape index (κ3) is 13.7. The molecule has 290 valence electrons. The van der Waals surface area contributed by atoms with E-state index in [0.717, 1.165) is 21.0 Å². The molecule has 1 aliphatic rings. The number of β-amino-alcohol motifs (C(OH)–C–C–N with tert-alkyl or cyclic N) is 1. The van der Waals surface area contributed by atoms with Gasteiger partial charge in [-0.05, 0) is 51.2 Å². The third-order valence-corrected chi connectivity index (χ3v) is 9.17. The van der Waals surface area contributed by atoms with E-state index >= 15 is 0 Å². The number of rotatable bonds is 17. The van der Waals surface area contributed by atoms with E-state index < -0.39 is 47.1 Å². The van der Waals surface area contributed by atoms with Gasteiger partial charge in [-0.1, -0.05) is 45.0 Å². The first-order valence-corrected chi connectivity index (χ1v) is 18.5. The molecule has 0 radical (unpaired) electrons. The number of likely N-dealkylation sites (tertiary alicyclic amines) is 1. The first-order valence-electron chi connectivity index (χ1n) is 17.6. The van der Waals surface area contributed by atoms with Crippen molar-refractivity contribution in [2.24, 2.45) is 5.41 Å². The second-order valence-corrected chi connectivity index (χ2v) is 16.3. The number of thiazole rings is 1. The van der Waals surface area contributed by atoms with Gasteiger partial charge in [-0.3, -0.25) is 14.4 Å². The molecule has 0 saturated carbocycles. The molecule has 2 aromatic rings. The Kier molecular flexibility index (Phi) is 16.0. The van der Waals surface area contributed by atoms with E-state index in [0.29, 0.717) is 26.4 Å². The molecular weight excluding hydrogens is 690 g/mol.